The minimum absolute atomic E-state index is 0.0832. The van der Waals surface area contributed by atoms with Crippen LogP contribution in [-0.4, -0.2) is 12.1 Å². The van der Waals surface area contributed by atoms with Gasteiger partial charge in [-0.15, -0.1) is 0 Å². The van der Waals surface area contributed by atoms with E-state index in [0.29, 0.717) is 0 Å². The van der Waals surface area contributed by atoms with Crippen LogP contribution in [0.2, 0.25) is 0 Å². The number of allylic oxidation sites excluding steroid dienone is 2. The molecule has 2 aliphatic rings. The highest BCUT2D eigenvalue weighted by molar-refractivity contribution is 6.03. The van der Waals surface area contributed by atoms with E-state index in [0.717, 1.165) is 17.7 Å². The molecule has 1 unspecified atom stereocenters. The Balaban J connectivity index is 2.21. The third kappa shape index (κ3) is 1.11. The van der Waals surface area contributed by atoms with Crippen LogP contribution >= 0.6 is 0 Å². The highest BCUT2D eigenvalue weighted by Crippen LogP contribution is 2.42. The highest BCUT2D eigenvalue weighted by Gasteiger charge is 2.36. The molecule has 0 radical (unpaired) electrons. The lowest BCUT2D eigenvalue weighted by Crippen LogP contribution is -2.41. The highest BCUT2D eigenvalue weighted by atomic mass is 16.2. The number of primary amides is 1. The number of amides is 2. The second kappa shape index (κ2) is 3.23. The second-order valence-corrected chi connectivity index (χ2v) is 4.03. The lowest BCUT2D eigenvalue weighted by atomic mass is 9.96. The average Bonchev–Trinajstić information content (AvgIpc) is 2.63. The van der Waals surface area contributed by atoms with E-state index in [2.05, 4.69) is 12.2 Å². The normalized spacial score (nSPS) is 21.4. The molecule has 0 saturated heterocycles. The van der Waals surface area contributed by atoms with Gasteiger partial charge in [-0.2, -0.15) is 0 Å². The Morgan fingerprint density at radius 3 is 3.00 bits per heavy atom. The third-order valence-corrected chi connectivity index (χ3v) is 3.15. The molecular weight excluding hydrogens is 200 g/mol. The van der Waals surface area contributed by atoms with Crippen molar-refractivity contribution in [2.45, 2.75) is 12.5 Å². The molecule has 3 heteroatoms. The number of hydrogen-bond donors (Lipinski definition) is 1. The molecule has 1 aromatic carbocycles. The number of hydrogen-bond acceptors (Lipinski definition) is 1. The van der Waals surface area contributed by atoms with Crippen molar-refractivity contribution in [1.82, 2.24) is 0 Å². The van der Waals surface area contributed by atoms with Gasteiger partial charge >= 0.3 is 6.03 Å². The molecule has 80 valence electrons. The summed E-state index contributed by atoms with van der Waals surface area (Å²) >= 11 is 0. The predicted molar refractivity (Wildman–Crippen MR) is 64.0 cm³/mol. The fourth-order valence-electron chi connectivity index (χ4n) is 2.50. The summed E-state index contributed by atoms with van der Waals surface area (Å²) in [5.41, 5.74) is 8.69. The number of urea groups is 1. The molecule has 16 heavy (non-hydrogen) atoms. The molecule has 3 nitrogen and oxygen atoms in total. The zero-order valence-electron chi connectivity index (χ0n) is 8.76. The van der Waals surface area contributed by atoms with Crippen LogP contribution in [0.15, 0.2) is 42.5 Å². The van der Waals surface area contributed by atoms with Crippen LogP contribution in [-0.2, 0) is 0 Å². The molecule has 1 aromatic rings. The largest absolute Gasteiger partial charge is 0.351 e. The van der Waals surface area contributed by atoms with E-state index < -0.39 is 0 Å². The Morgan fingerprint density at radius 2 is 2.19 bits per heavy atom. The molecule has 3 rings (SSSR count). The van der Waals surface area contributed by atoms with Gasteiger partial charge in [-0.25, -0.2) is 4.79 Å². The summed E-state index contributed by atoms with van der Waals surface area (Å²) in [6.07, 6.45) is 7.00. The van der Waals surface area contributed by atoms with E-state index in [4.69, 9.17) is 5.73 Å². The summed E-state index contributed by atoms with van der Waals surface area (Å²) in [7, 11) is 0. The van der Waals surface area contributed by atoms with Gasteiger partial charge in [0.25, 0.3) is 0 Å². The van der Waals surface area contributed by atoms with E-state index in [9.17, 15) is 4.79 Å². The number of carbonyl (C=O) groups excluding carboxylic acids is 1. The van der Waals surface area contributed by atoms with Crippen LogP contribution in [0, 0.1) is 0 Å². The number of fused-ring (bicyclic) bond motifs is 3. The van der Waals surface area contributed by atoms with E-state index in [-0.39, 0.29) is 12.1 Å². The van der Waals surface area contributed by atoms with Crippen molar-refractivity contribution >= 4 is 17.3 Å². The summed E-state index contributed by atoms with van der Waals surface area (Å²) < 4.78 is 0. The monoisotopic (exact) mass is 212 g/mol. The van der Waals surface area contributed by atoms with Gasteiger partial charge in [0.15, 0.2) is 0 Å². The average molecular weight is 212 g/mol. The van der Waals surface area contributed by atoms with Crippen LogP contribution < -0.4 is 10.6 Å². The Hall–Kier alpha value is -2.03. The smallest absolute Gasteiger partial charge is 0.319 e. The van der Waals surface area contributed by atoms with Crippen molar-refractivity contribution in [3.63, 3.8) is 0 Å². The summed E-state index contributed by atoms with van der Waals surface area (Å²) in [5, 5.41) is 0. The van der Waals surface area contributed by atoms with E-state index in [1.807, 2.05) is 30.3 Å². The van der Waals surface area contributed by atoms with Gasteiger partial charge in [0.1, 0.15) is 0 Å². The predicted octanol–water partition coefficient (Wildman–Crippen LogP) is 2.30. The summed E-state index contributed by atoms with van der Waals surface area (Å²) in [6.45, 7) is 0. The number of benzene rings is 1. The Bertz CT molecular complexity index is 516. The first-order valence-electron chi connectivity index (χ1n) is 5.34. The van der Waals surface area contributed by atoms with Crippen molar-refractivity contribution in [2.75, 3.05) is 4.90 Å². The fraction of sp³-hybridized carbons (Fsp3) is 0.154. The maximum atomic E-state index is 11.5. The first kappa shape index (κ1) is 9.21. The summed E-state index contributed by atoms with van der Waals surface area (Å²) in [6, 6.07) is 7.60. The zero-order valence-corrected chi connectivity index (χ0v) is 8.76. The van der Waals surface area contributed by atoms with Crippen molar-refractivity contribution < 1.29 is 4.79 Å². The standard InChI is InChI=1S/C13H12N2O/c14-13(16)15-11-7-3-1-5-9(11)10-6-2-4-8-12(10)15/h1-7,12H,8H2,(H2,14,16). The van der Waals surface area contributed by atoms with Crippen LogP contribution in [0.25, 0.3) is 5.57 Å². The molecular formula is C13H12N2O. The van der Waals surface area contributed by atoms with E-state index >= 15 is 0 Å². The zero-order chi connectivity index (χ0) is 11.1. The molecule has 0 aromatic heterocycles. The van der Waals surface area contributed by atoms with Crippen LogP contribution in [0.4, 0.5) is 10.5 Å². The number of para-hydroxylation sites is 1. The Morgan fingerprint density at radius 1 is 1.38 bits per heavy atom. The minimum Gasteiger partial charge on any atom is -0.351 e. The van der Waals surface area contributed by atoms with Gasteiger partial charge in [0, 0.05) is 5.56 Å². The Labute approximate surface area is 93.9 Å². The van der Waals surface area contributed by atoms with Crippen LogP contribution in [0.3, 0.4) is 0 Å². The van der Waals surface area contributed by atoms with Crippen LogP contribution in [0.1, 0.15) is 12.0 Å². The molecule has 2 N–H and O–H groups in total. The van der Waals surface area contributed by atoms with Crippen molar-refractivity contribution in [1.29, 1.82) is 0 Å². The molecule has 1 heterocycles. The summed E-state index contributed by atoms with van der Waals surface area (Å²) in [4.78, 5) is 13.2. The summed E-state index contributed by atoms with van der Waals surface area (Å²) in [5.74, 6) is 0. The van der Waals surface area contributed by atoms with Gasteiger partial charge in [0.05, 0.1) is 11.7 Å². The minimum atomic E-state index is -0.379. The number of nitrogens with two attached hydrogens (primary N) is 1. The molecule has 1 aliphatic heterocycles. The van der Waals surface area contributed by atoms with Gasteiger partial charge < -0.3 is 5.73 Å². The molecule has 1 aliphatic carbocycles. The fourth-order valence-corrected chi connectivity index (χ4v) is 2.50. The van der Waals surface area contributed by atoms with Crippen molar-refractivity contribution in [3.8, 4) is 0 Å². The number of rotatable bonds is 0. The Kier molecular flexibility index (Phi) is 1.86. The van der Waals surface area contributed by atoms with Crippen molar-refractivity contribution in [2.24, 2.45) is 5.73 Å². The van der Waals surface area contributed by atoms with E-state index in [1.54, 1.807) is 4.90 Å². The lowest BCUT2D eigenvalue weighted by Gasteiger charge is -2.24. The molecule has 0 saturated carbocycles. The molecule has 0 bridgehead atoms. The maximum absolute atomic E-state index is 11.5. The molecule has 1 atom stereocenters. The number of anilines is 1. The van der Waals surface area contributed by atoms with Gasteiger partial charge in [-0.1, -0.05) is 36.4 Å². The van der Waals surface area contributed by atoms with Gasteiger partial charge in [-0.3, -0.25) is 4.90 Å². The van der Waals surface area contributed by atoms with Crippen LogP contribution in [0.5, 0.6) is 0 Å². The van der Waals surface area contributed by atoms with Gasteiger partial charge in [-0.05, 0) is 18.1 Å². The lowest BCUT2D eigenvalue weighted by molar-refractivity contribution is 0.253. The maximum Gasteiger partial charge on any atom is 0.319 e. The van der Waals surface area contributed by atoms with E-state index in [1.165, 1.54) is 5.57 Å². The molecule has 2 amide bonds. The SMILES string of the molecule is NC(=O)N1c2ccccc2C2=CC=CCC21. The molecule has 0 spiro atoms. The number of nitrogens with zero attached hydrogens (tertiary/aromatic N) is 1. The second-order valence-electron chi connectivity index (χ2n) is 4.03. The number of carbonyl (C=O) groups is 1. The van der Waals surface area contributed by atoms with Crippen molar-refractivity contribution in [3.05, 3.63) is 48.1 Å². The quantitative estimate of drug-likeness (QED) is 0.704. The molecule has 0 fully saturated rings. The first-order valence-corrected chi connectivity index (χ1v) is 5.34. The topological polar surface area (TPSA) is 46.3 Å². The first-order chi connectivity index (χ1) is 7.79. The third-order valence-electron chi connectivity index (χ3n) is 3.15. The van der Waals surface area contributed by atoms with Gasteiger partial charge in [0.2, 0.25) is 0 Å².